The van der Waals surface area contributed by atoms with Gasteiger partial charge in [0.05, 0.1) is 22.2 Å². The number of rotatable bonds is 3. The second kappa shape index (κ2) is 5.30. The van der Waals surface area contributed by atoms with E-state index in [-0.39, 0.29) is 11.8 Å². The number of H-pyrrole nitrogens is 2. The van der Waals surface area contributed by atoms with E-state index in [4.69, 9.17) is 16.3 Å². The van der Waals surface area contributed by atoms with E-state index in [0.717, 1.165) is 22.2 Å². The lowest BCUT2D eigenvalue weighted by atomic mass is 10.0. The number of benzene rings is 2. The highest BCUT2D eigenvalue weighted by atomic mass is 35.5. The fraction of sp³-hybridized carbons (Fsp3) is 0.188. The Labute approximate surface area is 126 Å². The number of imidazole rings is 1. The minimum atomic E-state index is -0.216. The van der Waals surface area contributed by atoms with Gasteiger partial charge < -0.3 is 14.7 Å². The first-order valence-electron chi connectivity index (χ1n) is 6.72. The second-order valence-corrected chi connectivity index (χ2v) is 5.53. The van der Waals surface area contributed by atoms with Crippen LogP contribution in [0.4, 0.5) is 0 Å². The predicted molar refractivity (Wildman–Crippen MR) is 85.1 cm³/mol. The number of hydrogen-bond acceptors (Lipinski definition) is 2. The van der Waals surface area contributed by atoms with Crippen LogP contribution in [0.5, 0.6) is 5.75 Å². The van der Waals surface area contributed by atoms with Gasteiger partial charge in [-0.2, -0.15) is 0 Å². The number of para-hydroxylation sites is 1. The Hall–Kier alpha value is -2.20. The van der Waals surface area contributed by atoms with Gasteiger partial charge in [0.2, 0.25) is 0 Å². The number of aromatic amines is 2. The lowest BCUT2D eigenvalue weighted by molar-refractivity contribution is 0.243. The summed E-state index contributed by atoms with van der Waals surface area (Å²) in [6, 6.07) is 11.4. The zero-order valence-corrected chi connectivity index (χ0v) is 12.5. The largest absolute Gasteiger partial charge is 0.489 e. The quantitative estimate of drug-likeness (QED) is 0.769. The molecule has 0 radical (unpaired) electrons. The predicted octanol–water partition coefficient (Wildman–Crippen LogP) is 3.96. The molecular weight excluding hydrogens is 288 g/mol. The van der Waals surface area contributed by atoms with E-state index in [1.54, 1.807) is 6.07 Å². The highest BCUT2D eigenvalue weighted by Crippen LogP contribution is 2.37. The highest BCUT2D eigenvalue weighted by Gasteiger charge is 2.12. The Kier molecular flexibility index (Phi) is 3.47. The summed E-state index contributed by atoms with van der Waals surface area (Å²) in [6.07, 6.45) is 0.0273. The van der Waals surface area contributed by atoms with E-state index >= 15 is 0 Å². The SMILES string of the molecule is CC(C)Oc1c(Cl)cccc1-c1ccc2[nH]c(=O)[nH]c2c1. The number of hydrogen-bond donors (Lipinski definition) is 2. The Bertz CT molecular complexity index is 849. The number of ether oxygens (including phenoxy) is 1. The van der Waals surface area contributed by atoms with Gasteiger partial charge in [-0.15, -0.1) is 0 Å². The second-order valence-electron chi connectivity index (χ2n) is 5.12. The average molecular weight is 303 g/mol. The summed E-state index contributed by atoms with van der Waals surface area (Å²) in [5.41, 5.74) is 3.16. The molecule has 2 N–H and O–H groups in total. The van der Waals surface area contributed by atoms with Crippen LogP contribution in [0.1, 0.15) is 13.8 Å². The van der Waals surface area contributed by atoms with Crippen molar-refractivity contribution in [1.82, 2.24) is 9.97 Å². The molecule has 21 heavy (non-hydrogen) atoms. The van der Waals surface area contributed by atoms with Crippen LogP contribution < -0.4 is 10.4 Å². The first-order valence-corrected chi connectivity index (χ1v) is 7.10. The number of fused-ring (bicyclic) bond motifs is 1. The summed E-state index contributed by atoms with van der Waals surface area (Å²) in [4.78, 5) is 16.8. The Morgan fingerprint density at radius 3 is 2.62 bits per heavy atom. The standard InChI is InChI=1S/C16H15ClN2O2/c1-9(2)21-15-11(4-3-5-12(15)17)10-6-7-13-14(8-10)19-16(20)18-13/h3-9H,1-2H3,(H2,18,19,20). The molecule has 0 aliphatic rings. The molecule has 0 aliphatic carbocycles. The lowest BCUT2D eigenvalue weighted by Crippen LogP contribution is -2.07. The van der Waals surface area contributed by atoms with Gasteiger partial charge >= 0.3 is 5.69 Å². The monoisotopic (exact) mass is 302 g/mol. The summed E-state index contributed by atoms with van der Waals surface area (Å²) in [5.74, 6) is 0.659. The molecule has 3 aromatic rings. The molecule has 5 heteroatoms. The summed E-state index contributed by atoms with van der Waals surface area (Å²) < 4.78 is 5.84. The molecule has 0 bridgehead atoms. The average Bonchev–Trinajstić information content (AvgIpc) is 2.79. The van der Waals surface area contributed by atoms with E-state index in [1.165, 1.54) is 0 Å². The van der Waals surface area contributed by atoms with Crippen LogP contribution in [0, 0.1) is 0 Å². The van der Waals surface area contributed by atoms with Gasteiger partial charge in [0.15, 0.2) is 0 Å². The fourth-order valence-electron chi connectivity index (χ4n) is 2.29. The highest BCUT2D eigenvalue weighted by molar-refractivity contribution is 6.32. The molecule has 0 saturated carbocycles. The van der Waals surface area contributed by atoms with E-state index in [1.807, 2.05) is 44.2 Å². The van der Waals surface area contributed by atoms with Gasteiger partial charge in [-0.25, -0.2) is 4.79 Å². The van der Waals surface area contributed by atoms with Gasteiger partial charge in [-0.05, 0) is 37.6 Å². The van der Waals surface area contributed by atoms with Crippen LogP contribution in [-0.4, -0.2) is 16.1 Å². The summed E-state index contributed by atoms with van der Waals surface area (Å²) in [7, 11) is 0. The van der Waals surface area contributed by atoms with Gasteiger partial charge in [0, 0.05) is 5.56 Å². The van der Waals surface area contributed by atoms with Crippen molar-refractivity contribution in [2.45, 2.75) is 20.0 Å². The maximum Gasteiger partial charge on any atom is 0.323 e. The maximum atomic E-state index is 11.3. The number of halogens is 1. The molecule has 0 atom stereocenters. The van der Waals surface area contributed by atoms with Crippen LogP contribution in [0.15, 0.2) is 41.2 Å². The van der Waals surface area contributed by atoms with Crippen molar-refractivity contribution in [3.05, 3.63) is 51.9 Å². The van der Waals surface area contributed by atoms with E-state index in [9.17, 15) is 4.79 Å². The Balaban J connectivity index is 2.17. The molecule has 1 aromatic heterocycles. The van der Waals surface area contributed by atoms with Crippen molar-refractivity contribution in [2.24, 2.45) is 0 Å². The van der Waals surface area contributed by atoms with Crippen molar-refractivity contribution in [1.29, 1.82) is 0 Å². The zero-order valence-electron chi connectivity index (χ0n) is 11.7. The van der Waals surface area contributed by atoms with Crippen LogP contribution in [0.25, 0.3) is 22.2 Å². The molecule has 0 aliphatic heterocycles. The van der Waals surface area contributed by atoms with Crippen molar-refractivity contribution in [2.75, 3.05) is 0 Å². The molecule has 0 fully saturated rings. The first-order chi connectivity index (χ1) is 10.0. The lowest BCUT2D eigenvalue weighted by Gasteiger charge is -2.16. The molecule has 0 spiro atoms. The third-order valence-corrected chi connectivity index (χ3v) is 3.45. The molecule has 108 valence electrons. The minimum Gasteiger partial charge on any atom is -0.489 e. The molecule has 4 nitrogen and oxygen atoms in total. The Morgan fingerprint density at radius 1 is 1.10 bits per heavy atom. The Morgan fingerprint density at radius 2 is 1.86 bits per heavy atom. The van der Waals surface area contributed by atoms with Crippen molar-refractivity contribution >= 4 is 22.6 Å². The van der Waals surface area contributed by atoms with Crippen LogP contribution in [0.2, 0.25) is 5.02 Å². The first kappa shape index (κ1) is 13.8. The summed E-state index contributed by atoms with van der Waals surface area (Å²) in [5, 5.41) is 0.573. The number of aromatic nitrogens is 2. The third kappa shape index (κ3) is 2.67. The van der Waals surface area contributed by atoms with Gasteiger partial charge in [-0.3, -0.25) is 0 Å². The minimum absolute atomic E-state index is 0.0273. The number of nitrogens with one attached hydrogen (secondary N) is 2. The van der Waals surface area contributed by atoms with Crippen LogP contribution in [-0.2, 0) is 0 Å². The zero-order chi connectivity index (χ0) is 15.0. The molecule has 0 unspecified atom stereocenters. The molecular formula is C16H15ClN2O2. The van der Waals surface area contributed by atoms with Crippen LogP contribution in [0.3, 0.4) is 0 Å². The van der Waals surface area contributed by atoms with Gasteiger partial charge in [0.25, 0.3) is 0 Å². The smallest absolute Gasteiger partial charge is 0.323 e. The maximum absolute atomic E-state index is 11.3. The van der Waals surface area contributed by atoms with E-state index < -0.39 is 0 Å². The summed E-state index contributed by atoms with van der Waals surface area (Å²) >= 11 is 6.26. The van der Waals surface area contributed by atoms with Gasteiger partial charge in [-0.1, -0.05) is 29.8 Å². The van der Waals surface area contributed by atoms with Gasteiger partial charge in [0.1, 0.15) is 5.75 Å². The van der Waals surface area contributed by atoms with Crippen molar-refractivity contribution in [3.63, 3.8) is 0 Å². The molecule has 0 amide bonds. The fourth-order valence-corrected chi connectivity index (χ4v) is 2.51. The molecule has 2 aromatic carbocycles. The van der Waals surface area contributed by atoms with E-state index in [2.05, 4.69) is 9.97 Å². The van der Waals surface area contributed by atoms with Crippen molar-refractivity contribution in [3.8, 4) is 16.9 Å². The van der Waals surface area contributed by atoms with Crippen molar-refractivity contribution < 1.29 is 4.74 Å². The normalized spacial score (nSPS) is 11.2. The molecule has 0 saturated heterocycles. The van der Waals surface area contributed by atoms with E-state index in [0.29, 0.717) is 10.8 Å². The van der Waals surface area contributed by atoms with Crippen LogP contribution >= 0.6 is 11.6 Å². The topological polar surface area (TPSA) is 57.9 Å². The summed E-state index contributed by atoms with van der Waals surface area (Å²) in [6.45, 7) is 3.92. The third-order valence-electron chi connectivity index (χ3n) is 3.15. The molecule has 1 heterocycles. The molecule has 3 rings (SSSR count).